The van der Waals surface area contributed by atoms with E-state index < -0.39 is 17.5 Å². The summed E-state index contributed by atoms with van der Waals surface area (Å²) in [4.78, 5) is 5.72. The van der Waals surface area contributed by atoms with Gasteiger partial charge in [0.2, 0.25) is 0 Å². The zero-order valence-corrected chi connectivity index (χ0v) is 12.4. The lowest BCUT2D eigenvalue weighted by atomic mass is 9.91. The first-order valence-electron chi connectivity index (χ1n) is 6.89. The number of fused-ring (bicyclic) bond motifs is 1. The molecule has 21 heavy (non-hydrogen) atoms. The Bertz CT molecular complexity index is 646. The number of rotatable bonds is 3. The molecule has 2 nitrogen and oxygen atoms in total. The highest BCUT2D eigenvalue weighted by molar-refractivity contribution is 7.15. The summed E-state index contributed by atoms with van der Waals surface area (Å²) < 4.78 is 39.8. The van der Waals surface area contributed by atoms with E-state index in [0.29, 0.717) is 16.5 Å². The summed E-state index contributed by atoms with van der Waals surface area (Å²) >= 11 is 1.45. The summed E-state index contributed by atoms with van der Waals surface area (Å²) in [6.07, 6.45) is 3.09. The maximum atomic E-state index is 13.4. The molecule has 0 spiro atoms. The van der Waals surface area contributed by atoms with E-state index in [2.05, 4.69) is 10.3 Å². The van der Waals surface area contributed by atoms with Gasteiger partial charge in [-0.05, 0) is 38.4 Å². The van der Waals surface area contributed by atoms with Gasteiger partial charge in [-0.1, -0.05) is 0 Å². The second-order valence-electron chi connectivity index (χ2n) is 5.23. The van der Waals surface area contributed by atoms with Gasteiger partial charge in [-0.3, -0.25) is 0 Å². The number of aryl methyl sites for hydroxylation is 1. The van der Waals surface area contributed by atoms with Gasteiger partial charge in [-0.25, -0.2) is 18.2 Å². The third kappa shape index (κ3) is 2.70. The Labute approximate surface area is 125 Å². The van der Waals surface area contributed by atoms with Crippen molar-refractivity contribution in [3.8, 4) is 10.6 Å². The summed E-state index contributed by atoms with van der Waals surface area (Å²) in [5.41, 5.74) is 1.31. The molecule has 0 saturated heterocycles. The van der Waals surface area contributed by atoms with E-state index in [1.165, 1.54) is 16.2 Å². The number of aromatic nitrogens is 1. The normalized spacial score (nSPS) is 17.8. The van der Waals surface area contributed by atoms with Crippen LogP contribution >= 0.6 is 11.3 Å². The quantitative estimate of drug-likeness (QED) is 0.870. The molecule has 3 rings (SSSR count). The number of hydrogen-bond donors (Lipinski definition) is 1. The molecule has 0 radical (unpaired) electrons. The van der Waals surface area contributed by atoms with E-state index in [1.807, 2.05) is 7.05 Å². The van der Waals surface area contributed by atoms with Gasteiger partial charge >= 0.3 is 0 Å². The second kappa shape index (κ2) is 5.77. The Balaban J connectivity index is 2.01. The van der Waals surface area contributed by atoms with Gasteiger partial charge in [0.1, 0.15) is 5.01 Å². The predicted molar refractivity (Wildman–Crippen MR) is 77.0 cm³/mol. The number of halogens is 3. The predicted octanol–water partition coefficient (Wildman–Crippen LogP) is 3.87. The third-order valence-electron chi connectivity index (χ3n) is 3.75. The van der Waals surface area contributed by atoms with Crippen molar-refractivity contribution in [1.29, 1.82) is 0 Å². The van der Waals surface area contributed by atoms with Crippen molar-refractivity contribution in [3.63, 3.8) is 0 Å². The van der Waals surface area contributed by atoms with Crippen LogP contribution in [0.2, 0.25) is 0 Å². The fraction of sp³-hybridized carbons (Fsp3) is 0.400. The van der Waals surface area contributed by atoms with E-state index >= 15 is 0 Å². The molecule has 1 aliphatic rings. The average Bonchev–Trinajstić information content (AvgIpc) is 2.89. The Morgan fingerprint density at radius 1 is 1.29 bits per heavy atom. The van der Waals surface area contributed by atoms with Gasteiger partial charge in [0, 0.05) is 22.9 Å². The molecule has 1 N–H and O–H groups in total. The third-order valence-corrected chi connectivity index (χ3v) is 4.93. The molecule has 1 aromatic heterocycles. The summed E-state index contributed by atoms with van der Waals surface area (Å²) in [5.74, 6) is -3.46. The van der Waals surface area contributed by atoms with Crippen molar-refractivity contribution >= 4 is 11.3 Å². The number of hydrogen-bond acceptors (Lipinski definition) is 3. The molecule has 1 aromatic carbocycles. The van der Waals surface area contributed by atoms with Crippen LogP contribution in [0.1, 0.15) is 29.3 Å². The van der Waals surface area contributed by atoms with E-state index in [4.69, 9.17) is 0 Å². The molecular formula is C15H15F3N2S. The summed E-state index contributed by atoms with van der Waals surface area (Å²) in [5, 5.41) is 3.70. The minimum absolute atomic E-state index is 0.300. The molecule has 0 fully saturated rings. The van der Waals surface area contributed by atoms with Gasteiger partial charge in [0.15, 0.2) is 17.5 Å². The van der Waals surface area contributed by atoms with Crippen LogP contribution in [0.15, 0.2) is 12.1 Å². The molecule has 1 unspecified atom stereocenters. The first-order chi connectivity index (χ1) is 10.1. The highest BCUT2D eigenvalue weighted by Crippen LogP contribution is 2.38. The molecule has 112 valence electrons. The summed E-state index contributed by atoms with van der Waals surface area (Å²) in [7, 11) is 1.90. The highest BCUT2D eigenvalue weighted by atomic mass is 32.1. The van der Waals surface area contributed by atoms with Crippen LogP contribution in [-0.4, -0.2) is 18.6 Å². The van der Waals surface area contributed by atoms with Crippen molar-refractivity contribution < 1.29 is 13.2 Å². The fourth-order valence-electron chi connectivity index (χ4n) is 2.75. The SMILES string of the molecule is CNCC1CCCc2sc(-c3cc(F)c(F)c(F)c3)nc21. The van der Waals surface area contributed by atoms with Gasteiger partial charge in [-0.2, -0.15) is 0 Å². The summed E-state index contributed by atoms with van der Waals surface area (Å²) in [6.45, 7) is 0.836. The molecule has 0 amide bonds. The standard InChI is InChI=1S/C15H15F3N2S/c1-19-7-8-3-2-4-12-14(8)20-15(21-12)9-5-10(16)13(18)11(17)6-9/h5-6,8,19H,2-4,7H2,1H3. The van der Waals surface area contributed by atoms with Crippen LogP contribution in [0, 0.1) is 17.5 Å². The Hall–Kier alpha value is -1.40. The zero-order chi connectivity index (χ0) is 15.0. The van der Waals surface area contributed by atoms with E-state index in [9.17, 15) is 13.2 Å². The molecule has 1 atom stereocenters. The smallest absolute Gasteiger partial charge is 0.194 e. The van der Waals surface area contributed by atoms with Crippen molar-refractivity contribution in [1.82, 2.24) is 10.3 Å². The number of thiazole rings is 1. The average molecular weight is 312 g/mol. The summed E-state index contributed by atoms with van der Waals surface area (Å²) in [6, 6.07) is 2.02. The molecule has 6 heteroatoms. The minimum atomic E-state index is -1.44. The molecule has 2 aromatic rings. The monoisotopic (exact) mass is 312 g/mol. The van der Waals surface area contributed by atoms with Crippen molar-refractivity contribution in [2.75, 3.05) is 13.6 Å². The Morgan fingerprint density at radius 2 is 2.00 bits per heavy atom. The topological polar surface area (TPSA) is 24.9 Å². The highest BCUT2D eigenvalue weighted by Gasteiger charge is 2.25. The Kier molecular flexibility index (Phi) is 3.99. The van der Waals surface area contributed by atoms with E-state index in [-0.39, 0.29) is 0 Å². The molecule has 1 aliphatic carbocycles. The van der Waals surface area contributed by atoms with Crippen LogP contribution < -0.4 is 5.32 Å². The van der Waals surface area contributed by atoms with Gasteiger partial charge in [-0.15, -0.1) is 11.3 Å². The lowest BCUT2D eigenvalue weighted by Crippen LogP contribution is -2.20. The first-order valence-corrected chi connectivity index (χ1v) is 7.71. The van der Waals surface area contributed by atoms with Crippen LogP contribution in [0.5, 0.6) is 0 Å². The number of benzene rings is 1. The van der Waals surface area contributed by atoms with Crippen LogP contribution in [0.25, 0.3) is 10.6 Å². The van der Waals surface area contributed by atoms with Crippen molar-refractivity contribution in [2.24, 2.45) is 0 Å². The molecule has 0 saturated carbocycles. The lowest BCUT2D eigenvalue weighted by molar-refractivity contribution is 0.447. The number of nitrogens with one attached hydrogen (secondary N) is 1. The first kappa shape index (κ1) is 14.5. The largest absolute Gasteiger partial charge is 0.319 e. The lowest BCUT2D eigenvalue weighted by Gasteiger charge is -2.20. The Morgan fingerprint density at radius 3 is 2.67 bits per heavy atom. The van der Waals surface area contributed by atoms with Crippen molar-refractivity contribution in [2.45, 2.75) is 25.2 Å². The second-order valence-corrected chi connectivity index (χ2v) is 6.31. The van der Waals surface area contributed by atoms with Crippen LogP contribution in [-0.2, 0) is 6.42 Å². The van der Waals surface area contributed by atoms with E-state index in [0.717, 1.165) is 43.6 Å². The molecular weight excluding hydrogens is 297 g/mol. The zero-order valence-electron chi connectivity index (χ0n) is 11.5. The minimum Gasteiger partial charge on any atom is -0.319 e. The number of likely N-dealkylation sites (N-methyl/N-ethyl adjacent to an activating group) is 1. The fourth-order valence-corrected chi connectivity index (χ4v) is 3.93. The van der Waals surface area contributed by atoms with Gasteiger partial charge in [0.05, 0.1) is 5.69 Å². The molecule has 0 aliphatic heterocycles. The van der Waals surface area contributed by atoms with Crippen molar-refractivity contribution in [3.05, 3.63) is 40.2 Å². The van der Waals surface area contributed by atoms with Gasteiger partial charge in [0.25, 0.3) is 0 Å². The van der Waals surface area contributed by atoms with Crippen LogP contribution in [0.4, 0.5) is 13.2 Å². The van der Waals surface area contributed by atoms with Gasteiger partial charge < -0.3 is 5.32 Å². The molecule has 0 bridgehead atoms. The maximum Gasteiger partial charge on any atom is 0.194 e. The van der Waals surface area contributed by atoms with Crippen LogP contribution in [0.3, 0.4) is 0 Å². The molecule has 1 heterocycles. The number of nitrogens with zero attached hydrogens (tertiary/aromatic N) is 1. The maximum absolute atomic E-state index is 13.4. The van der Waals surface area contributed by atoms with E-state index in [1.54, 1.807) is 0 Å².